The van der Waals surface area contributed by atoms with Gasteiger partial charge in [0.25, 0.3) is 0 Å². The van der Waals surface area contributed by atoms with Crippen molar-refractivity contribution >= 4 is 6.03 Å². The van der Waals surface area contributed by atoms with Crippen molar-refractivity contribution in [2.24, 2.45) is 0 Å². The summed E-state index contributed by atoms with van der Waals surface area (Å²) in [6.07, 6.45) is 0.750. The topological polar surface area (TPSA) is 70.6 Å². The summed E-state index contributed by atoms with van der Waals surface area (Å²) < 4.78 is 18.0. The molecule has 0 spiro atoms. The summed E-state index contributed by atoms with van der Waals surface area (Å²) in [4.78, 5) is 11.7. The number of nitrogens with one attached hydrogen (secondary N) is 2. The second kappa shape index (κ2) is 9.64. The monoisotopic (exact) mass is 346 g/mol. The summed E-state index contributed by atoms with van der Waals surface area (Å²) in [5.41, 5.74) is 1.70. The molecule has 0 radical (unpaired) electrons. The highest BCUT2D eigenvalue weighted by Gasteiger charge is 2.09. The maximum Gasteiger partial charge on any atom is 0.314 e. The molecule has 6 heteroatoms. The van der Waals surface area contributed by atoms with Gasteiger partial charge in [-0.05, 0) is 48.2 Å². The van der Waals surface area contributed by atoms with Gasteiger partial charge in [-0.3, -0.25) is 0 Å². The van der Waals surface area contributed by atoms with Crippen molar-refractivity contribution < 1.29 is 19.0 Å². The van der Waals surface area contributed by atoms with Gasteiger partial charge in [-0.1, -0.05) is 24.3 Å². The molecule has 2 aromatic rings. The van der Waals surface area contributed by atoms with E-state index in [0.717, 1.165) is 24.2 Å². The summed E-state index contributed by atoms with van der Waals surface area (Å²) >= 11 is 0. The number of ether oxygens (including phenoxy) is 1. The minimum Gasteiger partial charge on any atom is -0.497 e. The lowest BCUT2D eigenvalue weighted by molar-refractivity contribution is 0.173. The van der Waals surface area contributed by atoms with Crippen molar-refractivity contribution in [1.82, 2.24) is 10.6 Å². The van der Waals surface area contributed by atoms with E-state index in [1.807, 2.05) is 24.3 Å². The largest absolute Gasteiger partial charge is 0.497 e. The molecule has 2 aromatic carbocycles. The zero-order valence-electron chi connectivity index (χ0n) is 14.2. The zero-order valence-corrected chi connectivity index (χ0v) is 14.2. The van der Waals surface area contributed by atoms with Crippen LogP contribution in [0.15, 0.2) is 48.5 Å². The van der Waals surface area contributed by atoms with E-state index in [9.17, 15) is 14.3 Å². The number of amides is 2. The second-order valence-electron chi connectivity index (χ2n) is 5.66. The van der Waals surface area contributed by atoms with E-state index < -0.39 is 6.10 Å². The first-order chi connectivity index (χ1) is 12.1. The Hall–Kier alpha value is -2.60. The number of benzene rings is 2. The summed E-state index contributed by atoms with van der Waals surface area (Å²) in [6.45, 7) is 0.586. The number of urea groups is 1. The van der Waals surface area contributed by atoms with Gasteiger partial charge in [-0.25, -0.2) is 9.18 Å². The molecule has 2 amide bonds. The number of halogens is 1. The van der Waals surface area contributed by atoms with Crippen LogP contribution in [0.5, 0.6) is 5.75 Å². The molecular weight excluding hydrogens is 323 g/mol. The molecule has 0 saturated carbocycles. The van der Waals surface area contributed by atoms with Crippen LogP contribution in [0, 0.1) is 5.82 Å². The normalized spacial score (nSPS) is 11.6. The number of hydrogen-bond acceptors (Lipinski definition) is 3. The number of aliphatic hydroxyl groups excluding tert-OH is 1. The van der Waals surface area contributed by atoms with Gasteiger partial charge in [0, 0.05) is 13.1 Å². The Kier molecular flexibility index (Phi) is 7.22. The number of rotatable bonds is 8. The number of methoxy groups -OCH3 is 1. The van der Waals surface area contributed by atoms with Crippen molar-refractivity contribution in [2.45, 2.75) is 18.9 Å². The molecule has 3 N–H and O–H groups in total. The van der Waals surface area contributed by atoms with Crippen LogP contribution in [0.1, 0.15) is 23.7 Å². The fourth-order valence-electron chi connectivity index (χ4n) is 2.38. The van der Waals surface area contributed by atoms with Gasteiger partial charge in [-0.15, -0.1) is 0 Å². The number of carbonyl (C=O) groups is 1. The predicted molar refractivity (Wildman–Crippen MR) is 94.1 cm³/mol. The molecule has 0 aliphatic heterocycles. The average Bonchev–Trinajstić information content (AvgIpc) is 2.64. The Morgan fingerprint density at radius 2 is 1.96 bits per heavy atom. The predicted octanol–water partition coefficient (Wildman–Crippen LogP) is 2.80. The Morgan fingerprint density at radius 3 is 2.68 bits per heavy atom. The Balaban J connectivity index is 1.64. The summed E-state index contributed by atoms with van der Waals surface area (Å²) in [5.74, 6) is 0.454. The first kappa shape index (κ1) is 18.7. The molecular formula is C19H23FN2O3. The van der Waals surface area contributed by atoms with Crippen molar-refractivity contribution in [1.29, 1.82) is 0 Å². The van der Waals surface area contributed by atoms with Crippen LogP contribution in [0.25, 0.3) is 0 Å². The van der Waals surface area contributed by atoms with Gasteiger partial charge in [0.1, 0.15) is 11.6 Å². The summed E-state index contributed by atoms with van der Waals surface area (Å²) in [6, 6.07) is 13.0. The SMILES string of the molecule is COc1cccc(CCCNC(=O)NCC(O)c2ccc(F)cc2)c1. The van der Waals surface area contributed by atoms with E-state index >= 15 is 0 Å². The smallest absolute Gasteiger partial charge is 0.314 e. The molecule has 1 atom stereocenters. The van der Waals surface area contributed by atoms with Gasteiger partial charge in [0.15, 0.2) is 0 Å². The highest BCUT2D eigenvalue weighted by Crippen LogP contribution is 2.14. The Labute approximate surface area is 146 Å². The van der Waals surface area contributed by atoms with Crippen molar-refractivity contribution in [2.75, 3.05) is 20.2 Å². The zero-order chi connectivity index (χ0) is 18.1. The number of aliphatic hydroxyl groups is 1. The highest BCUT2D eigenvalue weighted by molar-refractivity contribution is 5.73. The molecule has 0 saturated heterocycles. The van der Waals surface area contributed by atoms with E-state index in [-0.39, 0.29) is 18.4 Å². The minimum absolute atomic E-state index is 0.0628. The molecule has 1 unspecified atom stereocenters. The molecule has 0 bridgehead atoms. The molecule has 0 aromatic heterocycles. The Bertz CT molecular complexity index is 677. The number of carbonyl (C=O) groups excluding carboxylic acids is 1. The van der Waals surface area contributed by atoms with Crippen molar-refractivity contribution in [3.63, 3.8) is 0 Å². The van der Waals surface area contributed by atoms with Gasteiger partial charge in [-0.2, -0.15) is 0 Å². The highest BCUT2D eigenvalue weighted by atomic mass is 19.1. The fraction of sp³-hybridized carbons (Fsp3) is 0.316. The van der Waals surface area contributed by atoms with Crippen LogP contribution in [0.2, 0.25) is 0 Å². The summed E-state index contributed by atoms with van der Waals surface area (Å²) in [5, 5.41) is 15.3. The second-order valence-corrected chi connectivity index (χ2v) is 5.66. The van der Waals surface area contributed by atoms with Gasteiger partial charge in [0.05, 0.1) is 13.2 Å². The van der Waals surface area contributed by atoms with Crippen molar-refractivity contribution in [3.05, 3.63) is 65.5 Å². The van der Waals surface area contributed by atoms with E-state index in [2.05, 4.69) is 10.6 Å². The lowest BCUT2D eigenvalue weighted by atomic mass is 10.1. The van der Waals surface area contributed by atoms with E-state index in [1.165, 1.54) is 24.3 Å². The molecule has 0 aliphatic carbocycles. The first-order valence-electron chi connectivity index (χ1n) is 8.16. The van der Waals surface area contributed by atoms with E-state index in [1.54, 1.807) is 7.11 Å². The van der Waals surface area contributed by atoms with Crippen LogP contribution in [-0.2, 0) is 6.42 Å². The molecule has 134 valence electrons. The van der Waals surface area contributed by atoms with Crippen LogP contribution in [0.3, 0.4) is 0 Å². The summed E-state index contributed by atoms with van der Waals surface area (Å²) in [7, 11) is 1.63. The molecule has 0 fully saturated rings. The third-order valence-corrected chi connectivity index (χ3v) is 3.77. The van der Waals surface area contributed by atoms with Crippen molar-refractivity contribution in [3.8, 4) is 5.75 Å². The van der Waals surface area contributed by atoms with E-state index in [4.69, 9.17) is 4.74 Å². The minimum atomic E-state index is -0.872. The van der Waals surface area contributed by atoms with Gasteiger partial charge < -0.3 is 20.5 Å². The molecule has 25 heavy (non-hydrogen) atoms. The third kappa shape index (κ3) is 6.43. The lowest BCUT2D eigenvalue weighted by Crippen LogP contribution is -2.38. The molecule has 0 aliphatic rings. The molecule has 5 nitrogen and oxygen atoms in total. The third-order valence-electron chi connectivity index (χ3n) is 3.77. The molecule has 0 heterocycles. The molecule has 2 rings (SSSR count). The maximum absolute atomic E-state index is 12.8. The first-order valence-corrected chi connectivity index (χ1v) is 8.16. The average molecular weight is 346 g/mol. The Morgan fingerprint density at radius 1 is 1.20 bits per heavy atom. The van der Waals surface area contributed by atoms with Gasteiger partial charge in [0.2, 0.25) is 0 Å². The standard InChI is InChI=1S/C19H23FN2O3/c1-25-17-6-2-4-14(12-17)5-3-11-21-19(24)22-13-18(23)15-7-9-16(20)10-8-15/h2,4,6-10,12,18,23H,3,5,11,13H2,1H3,(H2,21,22,24). The fourth-order valence-corrected chi connectivity index (χ4v) is 2.38. The van der Waals surface area contributed by atoms with E-state index in [0.29, 0.717) is 12.1 Å². The quantitative estimate of drug-likeness (QED) is 0.644. The van der Waals surface area contributed by atoms with Gasteiger partial charge >= 0.3 is 6.03 Å². The number of hydrogen-bond donors (Lipinski definition) is 3. The van der Waals surface area contributed by atoms with Crippen LogP contribution in [-0.4, -0.2) is 31.3 Å². The van der Waals surface area contributed by atoms with Crippen LogP contribution < -0.4 is 15.4 Å². The number of aryl methyl sites for hydroxylation is 1. The lowest BCUT2D eigenvalue weighted by Gasteiger charge is -2.13. The van der Waals surface area contributed by atoms with Crippen LogP contribution >= 0.6 is 0 Å². The van der Waals surface area contributed by atoms with Crippen LogP contribution in [0.4, 0.5) is 9.18 Å². The maximum atomic E-state index is 12.8.